The minimum Gasteiger partial charge on any atom is -0.462 e. The van der Waals surface area contributed by atoms with Gasteiger partial charge in [0.2, 0.25) is 0 Å². The third-order valence-corrected chi connectivity index (χ3v) is 11.7. The molecule has 0 heterocycles. The molecular formula is C34H36Cl6O8. The van der Waals surface area contributed by atoms with Crippen molar-refractivity contribution in [3.63, 3.8) is 0 Å². The SMILES string of the molecule is CCCC1(C(C)COC(=O)c2c(Cl)c(Cl)cc(Cl)c2OC(=O)C(=O)Oc2c(Cl)cc(Cl)c(Cl)c2C(=O)OCC(C)C2(CCC)CC2)CC1. The molecule has 0 bridgehead atoms. The second-order valence-electron chi connectivity index (χ2n) is 12.7. The summed E-state index contributed by atoms with van der Waals surface area (Å²) in [4.78, 5) is 52.6. The van der Waals surface area contributed by atoms with Crippen LogP contribution in [0.4, 0.5) is 0 Å². The standard InChI is InChI=1S/C34H36Cl6O8/c1-5-7-33(9-10-33)17(3)15-45-29(41)23-25(39)19(35)13-21(37)27(23)47-31(43)32(44)48-28-22(38)14-20(36)26(40)24(28)30(42)46-16-18(4)34(8-6-2)11-12-34/h13-14,17-18H,5-12,15-16H2,1-4H3. The molecule has 0 aromatic heterocycles. The van der Waals surface area contributed by atoms with Crippen LogP contribution in [0.3, 0.4) is 0 Å². The summed E-state index contributed by atoms with van der Waals surface area (Å²) in [6.45, 7) is 8.32. The van der Waals surface area contributed by atoms with E-state index in [1.165, 1.54) is 0 Å². The van der Waals surface area contributed by atoms with E-state index in [1.807, 2.05) is 13.8 Å². The van der Waals surface area contributed by atoms with Gasteiger partial charge in [-0.15, -0.1) is 0 Å². The predicted molar refractivity (Wildman–Crippen MR) is 186 cm³/mol. The molecule has 0 N–H and O–H groups in total. The molecule has 2 aromatic carbocycles. The lowest BCUT2D eigenvalue weighted by Gasteiger charge is -2.23. The van der Waals surface area contributed by atoms with Gasteiger partial charge >= 0.3 is 23.9 Å². The smallest absolute Gasteiger partial charge is 0.423 e. The Balaban J connectivity index is 1.52. The van der Waals surface area contributed by atoms with Gasteiger partial charge in [0.25, 0.3) is 0 Å². The normalized spacial score (nSPS) is 16.8. The van der Waals surface area contributed by atoms with Crippen LogP contribution in [-0.4, -0.2) is 37.1 Å². The third kappa shape index (κ3) is 8.50. The molecule has 48 heavy (non-hydrogen) atoms. The molecule has 8 nitrogen and oxygen atoms in total. The second-order valence-corrected chi connectivity index (χ2v) is 15.1. The molecule has 0 radical (unpaired) electrons. The molecule has 2 atom stereocenters. The van der Waals surface area contributed by atoms with E-state index in [1.54, 1.807) is 0 Å². The number of benzene rings is 2. The van der Waals surface area contributed by atoms with E-state index in [2.05, 4.69) is 13.8 Å². The minimum atomic E-state index is -1.64. The van der Waals surface area contributed by atoms with Crippen molar-refractivity contribution >= 4 is 93.5 Å². The average molecular weight is 785 g/mol. The molecule has 2 aliphatic carbocycles. The summed E-state index contributed by atoms with van der Waals surface area (Å²) in [6.07, 6.45) is 8.15. The van der Waals surface area contributed by atoms with Crippen LogP contribution in [0.1, 0.15) is 99.8 Å². The van der Waals surface area contributed by atoms with E-state index in [0.29, 0.717) is 0 Å². The summed E-state index contributed by atoms with van der Waals surface area (Å²) < 4.78 is 21.5. The molecule has 0 aliphatic heterocycles. The monoisotopic (exact) mass is 782 g/mol. The van der Waals surface area contributed by atoms with Gasteiger partial charge in [0.05, 0.1) is 43.3 Å². The lowest BCUT2D eigenvalue weighted by atomic mass is 9.87. The first kappa shape index (κ1) is 38.9. The first-order chi connectivity index (χ1) is 22.6. The summed E-state index contributed by atoms with van der Waals surface area (Å²) in [5.41, 5.74) is -0.697. The highest BCUT2D eigenvalue weighted by molar-refractivity contribution is 6.47. The van der Waals surface area contributed by atoms with E-state index < -0.39 is 46.5 Å². The summed E-state index contributed by atoms with van der Waals surface area (Å²) >= 11 is 37.6. The van der Waals surface area contributed by atoms with Crippen LogP contribution in [0.2, 0.25) is 30.1 Å². The average Bonchev–Trinajstić information content (AvgIpc) is 3.97. The number of carbonyl (C=O) groups is 4. The summed E-state index contributed by atoms with van der Waals surface area (Å²) in [5.74, 6) is -6.22. The van der Waals surface area contributed by atoms with Crippen molar-refractivity contribution in [1.82, 2.24) is 0 Å². The van der Waals surface area contributed by atoms with E-state index in [-0.39, 0.29) is 66.0 Å². The Morgan fingerprint density at radius 1 is 0.625 bits per heavy atom. The van der Waals surface area contributed by atoms with Crippen molar-refractivity contribution in [2.45, 2.75) is 79.1 Å². The maximum absolute atomic E-state index is 13.3. The quantitative estimate of drug-likeness (QED) is 0.0807. The van der Waals surface area contributed by atoms with Gasteiger partial charge in [-0.1, -0.05) is 110 Å². The van der Waals surface area contributed by atoms with Gasteiger partial charge in [-0.3, -0.25) is 0 Å². The number of carbonyl (C=O) groups excluding carboxylic acids is 4. The summed E-state index contributed by atoms with van der Waals surface area (Å²) in [5, 5.41) is -1.45. The van der Waals surface area contributed by atoms with Crippen LogP contribution in [0, 0.1) is 22.7 Å². The molecule has 0 amide bonds. The Bertz CT molecular complexity index is 1480. The number of rotatable bonds is 14. The lowest BCUT2D eigenvalue weighted by Crippen LogP contribution is -2.28. The van der Waals surface area contributed by atoms with Gasteiger partial charge in [-0.05, 0) is 73.3 Å². The number of ether oxygens (including phenoxy) is 4. The highest BCUT2D eigenvalue weighted by Crippen LogP contribution is 2.56. The van der Waals surface area contributed by atoms with Crippen LogP contribution < -0.4 is 9.47 Å². The Morgan fingerprint density at radius 2 is 0.958 bits per heavy atom. The van der Waals surface area contributed by atoms with Crippen LogP contribution >= 0.6 is 69.6 Å². The molecule has 14 heteroatoms. The van der Waals surface area contributed by atoms with Crippen molar-refractivity contribution in [3.05, 3.63) is 53.4 Å². The minimum absolute atomic E-state index is 0.0574. The van der Waals surface area contributed by atoms with Crippen LogP contribution in [0.5, 0.6) is 11.5 Å². The fourth-order valence-electron chi connectivity index (χ4n) is 6.18. The highest BCUT2D eigenvalue weighted by Gasteiger charge is 2.47. The first-order valence-electron chi connectivity index (χ1n) is 15.7. The molecule has 4 rings (SSSR count). The topological polar surface area (TPSA) is 105 Å². The fourth-order valence-corrected chi connectivity index (χ4v) is 7.62. The highest BCUT2D eigenvalue weighted by atomic mass is 35.5. The molecule has 0 saturated heterocycles. The second kappa shape index (κ2) is 15.9. The molecule has 0 spiro atoms. The van der Waals surface area contributed by atoms with Crippen molar-refractivity contribution < 1.29 is 38.1 Å². The van der Waals surface area contributed by atoms with Gasteiger partial charge in [0.1, 0.15) is 11.1 Å². The van der Waals surface area contributed by atoms with E-state index in [4.69, 9.17) is 88.6 Å². The first-order valence-corrected chi connectivity index (χ1v) is 18.0. The van der Waals surface area contributed by atoms with Gasteiger partial charge in [-0.25, -0.2) is 19.2 Å². The van der Waals surface area contributed by atoms with Gasteiger partial charge in [0, 0.05) is 0 Å². The van der Waals surface area contributed by atoms with Crippen molar-refractivity contribution in [2.75, 3.05) is 13.2 Å². The molecule has 2 aromatic rings. The van der Waals surface area contributed by atoms with E-state index in [0.717, 1.165) is 63.5 Å². The van der Waals surface area contributed by atoms with Crippen molar-refractivity contribution in [2.24, 2.45) is 22.7 Å². The zero-order valence-electron chi connectivity index (χ0n) is 26.9. The molecule has 2 aliphatic rings. The van der Waals surface area contributed by atoms with Gasteiger partial charge in [0.15, 0.2) is 11.5 Å². The Morgan fingerprint density at radius 3 is 1.25 bits per heavy atom. The Kier molecular flexibility index (Phi) is 12.9. The maximum Gasteiger partial charge on any atom is 0.423 e. The van der Waals surface area contributed by atoms with E-state index >= 15 is 0 Å². The number of esters is 4. The molecule has 2 saturated carbocycles. The van der Waals surface area contributed by atoms with Crippen molar-refractivity contribution in [3.8, 4) is 11.5 Å². The largest absolute Gasteiger partial charge is 0.462 e. The maximum atomic E-state index is 13.3. The van der Waals surface area contributed by atoms with Gasteiger partial charge in [-0.2, -0.15) is 0 Å². The van der Waals surface area contributed by atoms with Crippen LogP contribution in [0.25, 0.3) is 0 Å². The Labute approximate surface area is 309 Å². The van der Waals surface area contributed by atoms with E-state index in [9.17, 15) is 19.2 Å². The zero-order valence-corrected chi connectivity index (χ0v) is 31.4. The number of hydrogen-bond donors (Lipinski definition) is 0. The number of halogens is 6. The fraction of sp³-hybridized carbons (Fsp3) is 0.529. The summed E-state index contributed by atoms with van der Waals surface area (Å²) in [6, 6.07) is 2.27. The molecule has 262 valence electrons. The third-order valence-electron chi connectivity index (χ3n) is 9.52. The molecule has 2 unspecified atom stereocenters. The number of hydrogen-bond acceptors (Lipinski definition) is 8. The molecular weight excluding hydrogens is 749 g/mol. The lowest BCUT2D eigenvalue weighted by molar-refractivity contribution is -0.156. The van der Waals surface area contributed by atoms with Gasteiger partial charge < -0.3 is 18.9 Å². The Hall–Kier alpha value is -1.94. The predicted octanol–water partition coefficient (Wildman–Crippen LogP) is 10.9. The van der Waals surface area contributed by atoms with Crippen LogP contribution in [-0.2, 0) is 19.1 Å². The molecule has 2 fully saturated rings. The summed E-state index contributed by atoms with van der Waals surface area (Å²) in [7, 11) is 0. The van der Waals surface area contributed by atoms with Crippen LogP contribution in [0.15, 0.2) is 12.1 Å². The van der Waals surface area contributed by atoms with Crippen molar-refractivity contribution in [1.29, 1.82) is 0 Å². The zero-order chi connectivity index (χ0) is 35.6.